The maximum atomic E-state index is 13.4. The van der Waals surface area contributed by atoms with Crippen LogP contribution in [0.4, 0.5) is 8.78 Å². The van der Waals surface area contributed by atoms with Gasteiger partial charge in [-0.25, -0.2) is 8.78 Å². The van der Waals surface area contributed by atoms with E-state index in [-0.39, 0.29) is 11.6 Å². The molecule has 75 valence electrons. The maximum Gasteiger partial charge on any atom is 0.131 e. The van der Waals surface area contributed by atoms with Crippen LogP contribution >= 0.6 is 0 Å². The second-order valence-electron chi connectivity index (χ2n) is 3.37. The number of hydrogen-bond acceptors (Lipinski definition) is 0. The molecular formula is C13H9F2. The molecule has 0 fully saturated rings. The highest BCUT2D eigenvalue weighted by atomic mass is 19.1. The summed E-state index contributed by atoms with van der Waals surface area (Å²) in [5.41, 5.74) is 1.50. The summed E-state index contributed by atoms with van der Waals surface area (Å²) in [4.78, 5) is 0. The molecule has 0 atom stereocenters. The molecule has 2 aromatic rings. The Labute approximate surface area is 87.2 Å². The third kappa shape index (κ3) is 1.89. The molecule has 1 radical (unpaired) electrons. The minimum absolute atomic E-state index is 0.320. The molecule has 0 bridgehead atoms. The predicted octanol–water partition coefficient (Wildman–Crippen LogP) is 3.74. The summed E-state index contributed by atoms with van der Waals surface area (Å²) in [6.45, 7) is 1.67. The van der Waals surface area contributed by atoms with Crippen molar-refractivity contribution in [3.05, 3.63) is 59.7 Å². The number of rotatable bonds is 1. The van der Waals surface area contributed by atoms with Crippen molar-refractivity contribution in [3.63, 3.8) is 0 Å². The molecule has 0 amide bonds. The molecule has 2 rings (SSSR count). The minimum atomic E-state index is -0.388. The Hall–Kier alpha value is -1.70. The Morgan fingerprint density at radius 2 is 1.87 bits per heavy atom. The van der Waals surface area contributed by atoms with Crippen LogP contribution in [0.1, 0.15) is 5.56 Å². The van der Waals surface area contributed by atoms with Crippen molar-refractivity contribution in [2.45, 2.75) is 6.92 Å². The van der Waals surface area contributed by atoms with Crippen LogP contribution in [0, 0.1) is 24.6 Å². The predicted molar refractivity (Wildman–Crippen MR) is 55.4 cm³/mol. The van der Waals surface area contributed by atoms with Gasteiger partial charge < -0.3 is 0 Å². The molecule has 2 aromatic carbocycles. The van der Waals surface area contributed by atoms with Gasteiger partial charge in [0.2, 0.25) is 0 Å². The zero-order valence-corrected chi connectivity index (χ0v) is 8.22. The fraction of sp³-hybridized carbons (Fsp3) is 0.0769. The molecular weight excluding hydrogens is 194 g/mol. The van der Waals surface area contributed by atoms with E-state index in [0.29, 0.717) is 16.7 Å². The second-order valence-corrected chi connectivity index (χ2v) is 3.37. The molecule has 0 aliphatic carbocycles. The first kappa shape index (κ1) is 9.84. The van der Waals surface area contributed by atoms with E-state index in [1.54, 1.807) is 31.2 Å². The van der Waals surface area contributed by atoms with Crippen LogP contribution in [0.5, 0.6) is 0 Å². The first-order valence-corrected chi connectivity index (χ1v) is 4.60. The maximum absolute atomic E-state index is 13.4. The second kappa shape index (κ2) is 3.81. The van der Waals surface area contributed by atoms with Gasteiger partial charge in [-0.2, -0.15) is 0 Å². The average molecular weight is 203 g/mol. The van der Waals surface area contributed by atoms with Gasteiger partial charge in [-0.3, -0.25) is 0 Å². The third-order valence-electron chi connectivity index (χ3n) is 2.30. The summed E-state index contributed by atoms with van der Waals surface area (Å²) >= 11 is 0. The van der Waals surface area contributed by atoms with E-state index in [9.17, 15) is 8.78 Å². The van der Waals surface area contributed by atoms with Crippen LogP contribution in [0.2, 0.25) is 0 Å². The number of halogens is 2. The van der Waals surface area contributed by atoms with Gasteiger partial charge in [0.05, 0.1) is 0 Å². The SMILES string of the molecule is Cc1ccc(-c2cc[c]cc2F)cc1F. The van der Waals surface area contributed by atoms with E-state index in [0.717, 1.165) is 0 Å². The van der Waals surface area contributed by atoms with Gasteiger partial charge >= 0.3 is 0 Å². The summed E-state index contributed by atoms with van der Waals surface area (Å²) in [7, 11) is 0. The Kier molecular flexibility index (Phi) is 2.50. The molecule has 15 heavy (non-hydrogen) atoms. The number of aryl methyl sites for hydroxylation is 1. The Morgan fingerprint density at radius 1 is 1.07 bits per heavy atom. The van der Waals surface area contributed by atoms with Crippen molar-refractivity contribution < 1.29 is 8.78 Å². The van der Waals surface area contributed by atoms with Crippen molar-refractivity contribution in [1.29, 1.82) is 0 Å². The quantitative estimate of drug-likeness (QED) is 0.662. The van der Waals surface area contributed by atoms with Gasteiger partial charge in [-0.15, -0.1) is 0 Å². The summed E-state index contributed by atoms with van der Waals surface area (Å²) < 4.78 is 26.6. The lowest BCUT2D eigenvalue weighted by Crippen LogP contribution is -1.87. The van der Waals surface area contributed by atoms with Crippen molar-refractivity contribution in [2.75, 3.05) is 0 Å². The molecule has 2 heteroatoms. The average Bonchev–Trinajstić information content (AvgIpc) is 2.23. The van der Waals surface area contributed by atoms with Gasteiger partial charge in [0.25, 0.3) is 0 Å². The van der Waals surface area contributed by atoms with Crippen LogP contribution in [-0.4, -0.2) is 0 Å². The highest BCUT2D eigenvalue weighted by Crippen LogP contribution is 2.23. The summed E-state index contributed by atoms with van der Waals surface area (Å²) in [6, 6.07) is 11.7. The van der Waals surface area contributed by atoms with Crippen molar-refractivity contribution in [2.24, 2.45) is 0 Å². The standard InChI is InChI=1S/C13H9F2/c1-9-6-7-10(8-13(9)15)11-4-2-3-5-12(11)14/h2,4-8H,1H3. The number of hydrogen-bond donors (Lipinski definition) is 0. The van der Waals surface area contributed by atoms with Crippen molar-refractivity contribution >= 4 is 0 Å². The largest absolute Gasteiger partial charge is 0.207 e. The van der Waals surface area contributed by atoms with Crippen LogP contribution in [0.25, 0.3) is 11.1 Å². The molecule has 0 saturated carbocycles. The lowest BCUT2D eigenvalue weighted by Gasteiger charge is -2.04. The van der Waals surface area contributed by atoms with Crippen molar-refractivity contribution in [1.82, 2.24) is 0 Å². The lowest BCUT2D eigenvalue weighted by atomic mass is 10.0. The van der Waals surface area contributed by atoms with Gasteiger partial charge in [0.1, 0.15) is 11.6 Å². The van der Waals surface area contributed by atoms with E-state index in [1.807, 2.05) is 0 Å². The highest BCUT2D eigenvalue weighted by molar-refractivity contribution is 5.64. The van der Waals surface area contributed by atoms with E-state index in [2.05, 4.69) is 6.07 Å². The fourth-order valence-electron chi connectivity index (χ4n) is 1.40. The summed E-state index contributed by atoms with van der Waals surface area (Å²) in [5.74, 6) is -0.708. The Bertz CT molecular complexity index is 490. The lowest BCUT2D eigenvalue weighted by molar-refractivity contribution is 0.617. The Balaban J connectivity index is 2.55. The van der Waals surface area contributed by atoms with E-state index in [4.69, 9.17) is 0 Å². The van der Waals surface area contributed by atoms with Crippen LogP contribution in [-0.2, 0) is 0 Å². The molecule has 0 spiro atoms. The Morgan fingerprint density at radius 3 is 2.53 bits per heavy atom. The molecule has 0 aliphatic rings. The fourth-order valence-corrected chi connectivity index (χ4v) is 1.40. The first-order valence-electron chi connectivity index (χ1n) is 4.60. The number of benzene rings is 2. The van der Waals surface area contributed by atoms with E-state index < -0.39 is 0 Å². The van der Waals surface area contributed by atoms with Gasteiger partial charge in [0.15, 0.2) is 0 Å². The van der Waals surface area contributed by atoms with Gasteiger partial charge in [0, 0.05) is 5.56 Å². The molecule has 0 heterocycles. The molecule has 0 unspecified atom stereocenters. The highest BCUT2D eigenvalue weighted by Gasteiger charge is 2.05. The molecule has 0 aromatic heterocycles. The zero-order valence-electron chi connectivity index (χ0n) is 8.22. The van der Waals surface area contributed by atoms with E-state index in [1.165, 1.54) is 12.1 Å². The smallest absolute Gasteiger partial charge is 0.131 e. The molecule has 0 saturated heterocycles. The van der Waals surface area contributed by atoms with Gasteiger partial charge in [-0.1, -0.05) is 24.3 Å². The molecule has 0 aliphatic heterocycles. The topological polar surface area (TPSA) is 0 Å². The zero-order chi connectivity index (χ0) is 10.8. The van der Waals surface area contributed by atoms with Crippen LogP contribution < -0.4 is 0 Å². The first-order chi connectivity index (χ1) is 7.18. The summed E-state index contributed by atoms with van der Waals surface area (Å²) in [6.07, 6.45) is 0. The van der Waals surface area contributed by atoms with Crippen molar-refractivity contribution in [3.8, 4) is 11.1 Å². The monoisotopic (exact) mass is 203 g/mol. The molecule has 0 N–H and O–H groups in total. The normalized spacial score (nSPS) is 10.3. The summed E-state index contributed by atoms with van der Waals surface area (Å²) in [5, 5.41) is 0. The third-order valence-corrected chi connectivity index (χ3v) is 2.30. The van der Waals surface area contributed by atoms with Crippen LogP contribution in [0.3, 0.4) is 0 Å². The minimum Gasteiger partial charge on any atom is -0.207 e. The van der Waals surface area contributed by atoms with Crippen LogP contribution in [0.15, 0.2) is 36.4 Å². The van der Waals surface area contributed by atoms with E-state index >= 15 is 0 Å². The molecule has 0 nitrogen and oxygen atoms in total. The van der Waals surface area contributed by atoms with Gasteiger partial charge in [-0.05, 0) is 36.2 Å².